The Morgan fingerprint density at radius 3 is 2.46 bits per heavy atom. The molecule has 0 bridgehead atoms. The van der Waals surface area contributed by atoms with E-state index in [2.05, 4.69) is 54.9 Å². The lowest BCUT2D eigenvalue weighted by molar-refractivity contribution is -0.137. The Balaban J connectivity index is 1.14. The molecule has 4 atom stereocenters. The first-order chi connectivity index (χ1) is 22.9. The number of hydrogen-bond acceptors (Lipinski definition) is 5. The third-order valence-electron chi connectivity index (χ3n) is 12.6. The van der Waals surface area contributed by atoms with Gasteiger partial charge in [0.2, 0.25) is 5.91 Å². The molecule has 2 aromatic carbocycles. The first-order valence-electron chi connectivity index (χ1n) is 17.6. The Morgan fingerprint density at radius 2 is 1.79 bits per heavy atom. The van der Waals surface area contributed by atoms with Gasteiger partial charge in [-0.05, 0) is 111 Å². The summed E-state index contributed by atoms with van der Waals surface area (Å²) in [5, 5.41) is 5.16. The number of amides is 1. The van der Waals surface area contributed by atoms with Crippen LogP contribution in [0.2, 0.25) is 5.02 Å². The minimum Gasteiger partial charge on any atom is -0.381 e. The second-order valence-electron chi connectivity index (χ2n) is 15.5. The van der Waals surface area contributed by atoms with E-state index < -0.39 is 11.6 Å². The van der Waals surface area contributed by atoms with Crippen molar-refractivity contribution in [3.8, 4) is 0 Å². The molecule has 2 aliphatic heterocycles. The van der Waals surface area contributed by atoms with Crippen LogP contribution in [0.1, 0.15) is 98.7 Å². The topological polar surface area (TPSA) is 63.5 Å². The van der Waals surface area contributed by atoms with Crippen molar-refractivity contribution in [2.45, 2.75) is 100 Å². The zero-order valence-electron chi connectivity index (χ0n) is 28.8. The predicted octanol–water partition coefficient (Wildman–Crippen LogP) is 7.05. The van der Waals surface area contributed by atoms with E-state index >= 15 is 4.39 Å². The van der Waals surface area contributed by atoms with Crippen LogP contribution in [-0.2, 0) is 27.4 Å². The monoisotopic (exact) mass is 679 g/mol. The molecule has 1 spiro atoms. The molecule has 0 N–H and O–H groups in total. The smallest absolute Gasteiger partial charge is 0.226 e. The first-order valence-corrected chi connectivity index (χ1v) is 18.0. The van der Waals surface area contributed by atoms with Crippen LogP contribution in [0.5, 0.6) is 0 Å². The van der Waals surface area contributed by atoms with E-state index in [0.717, 1.165) is 67.8 Å². The molecule has 258 valence electrons. The molecule has 2 aliphatic carbocycles. The van der Waals surface area contributed by atoms with Crippen molar-refractivity contribution in [3.63, 3.8) is 0 Å². The van der Waals surface area contributed by atoms with E-state index in [0.29, 0.717) is 37.5 Å². The number of carbonyl (C=O) groups is 1. The molecule has 3 heterocycles. The van der Waals surface area contributed by atoms with Crippen molar-refractivity contribution < 1.29 is 18.3 Å². The molecule has 1 saturated carbocycles. The number of hydrogen-bond donors (Lipinski definition) is 0. The fourth-order valence-corrected chi connectivity index (χ4v) is 9.92. The number of rotatable bonds is 6. The van der Waals surface area contributed by atoms with Gasteiger partial charge in [-0.2, -0.15) is 5.10 Å². The van der Waals surface area contributed by atoms with E-state index in [9.17, 15) is 9.18 Å². The van der Waals surface area contributed by atoms with Crippen LogP contribution in [0.15, 0.2) is 36.7 Å². The number of ether oxygens (including phenoxy) is 1. The molecule has 1 aromatic heterocycles. The third kappa shape index (κ3) is 5.77. The zero-order valence-corrected chi connectivity index (χ0v) is 29.6. The SMILES string of the molecule is Cc1cc2c(cc1Cl)C1(CCN(C(=O)[C@@H]3C[C@H](N(C)C4CCOCC4)C[C@H]3c3ccc(F)cc3F)CC1)C[C@@H]2C(C)(C)c1ncnn1C. The minimum absolute atomic E-state index is 0.0950. The van der Waals surface area contributed by atoms with E-state index in [1.807, 2.05) is 16.6 Å². The third-order valence-corrected chi connectivity index (χ3v) is 13.0. The minimum atomic E-state index is -0.595. The first kappa shape index (κ1) is 33.6. The molecule has 7 nitrogen and oxygen atoms in total. The molecule has 3 fully saturated rings. The Kier molecular flexibility index (Phi) is 8.95. The Morgan fingerprint density at radius 1 is 1.06 bits per heavy atom. The molecule has 2 saturated heterocycles. The number of aryl methyl sites for hydroxylation is 2. The molecule has 0 unspecified atom stereocenters. The van der Waals surface area contributed by atoms with Crippen molar-refractivity contribution >= 4 is 17.5 Å². The van der Waals surface area contributed by atoms with Crippen LogP contribution < -0.4 is 0 Å². The quantitative estimate of drug-likeness (QED) is 0.279. The van der Waals surface area contributed by atoms with Gasteiger partial charge in [-0.25, -0.2) is 13.8 Å². The summed E-state index contributed by atoms with van der Waals surface area (Å²) in [6.45, 7) is 9.33. The number of piperidine rings is 1. The normalized spacial score (nSPS) is 26.1. The highest BCUT2D eigenvalue weighted by Crippen LogP contribution is 2.58. The Hall–Kier alpha value is -2.88. The molecule has 0 radical (unpaired) electrons. The summed E-state index contributed by atoms with van der Waals surface area (Å²) in [5.41, 5.74) is 3.78. The number of halogens is 3. The summed E-state index contributed by atoms with van der Waals surface area (Å²) in [5.74, 6) is -0.545. The standard InChI is InChI=1S/C38H48ClF2N5O2/c1-23-16-30-31(20-33(23)39)38(21-32(30)37(2,3)36-42-22-43-45(36)5)10-12-46(13-11-38)35(47)29-19-26(44(4)25-8-14-48-15-9-25)18-28(29)27-7-6-24(40)17-34(27)41/h6-7,16-17,20,22,25-26,28-29,32H,8-15,18-19,21H2,1-5H3/t26-,28+,29-,32+/m1/s1. The van der Waals surface area contributed by atoms with Gasteiger partial charge in [0.1, 0.15) is 23.8 Å². The molecule has 3 aromatic rings. The van der Waals surface area contributed by atoms with Gasteiger partial charge in [0, 0.05) is 67.9 Å². The molecular formula is C38H48ClF2N5O2. The van der Waals surface area contributed by atoms with Crippen molar-refractivity contribution in [1.82, 2.24) is 24.6 Å². The van der Waals surface area contributed by atoms with E-state index in [4.69, 9.17) is 16.3 Å². The largest absolute Gasteiger partial charge is 0.381 e. The number of carbonyl (C=O) groups excluding carboxylic acids is 1. The summed E-state index contributed by atoms with van der Waals surface area (Å²) in [4.78, 5) is 23.6. The molecular weight excluding hydrogens is 632 g/mol. The highest BCUT2D eigenvalue weighted by molar-refractivity contribution is 6.31. The summed E-state index contributed by atoms with van der Waals surface area (Å²) in [6, 6.07) is 8.80. The number of nitrogens with zero attached hydrogens (tertiary/aromatic N) is 5. The van der Waals surface area contributed by atoms with Crippen molar-refractivity contribution in [1.29, 1.82) is 0 Å². The zero-order chi connectivity index (χ0) is 34.0. The van der Waals surface area contributed by atoms with Gasteiger partial charge in [0.15, 0.2) is 0 Å². The molecule has 48 heavy (non-hydrogen) atoms. The fraction of sp³-hybridized carbons (Fsp3) is 0.605. The van der Waals surface area contributed by atoms with Crippen molar-refractivity contribution in [2.75, 3.05) is 33.4 Å². The van der Waals surface area contributed by atoms with Crippen LogP contribution in [0.25, 0.3) is 0 Å². The number of likely N-dealkylation sites (tertiary alicyclic amines) is 1. The molecule has 10 heteroatoms. The Labute approximate surface area is 288 Å². The van der Waals surface area contributed by atoms with E-state index in [-0.39, 0.29) is 40.5 Å². The van der Waals surface area contributed by atoms with Crippen molar-refractivity contribution in [3.05, 3.63) is 81.4 Å². The lowest BCUT2D eigenvalue weighted by Gasteiger charge is -2.42. The van der Waals surface area contributed by atoms with E-state index in [1.54, 1.807) is 12.4 Å². The molecule has 7 rings (SSSR count). The highest BCUT2D eigenvalue weighted by atomic mass is 35.5. The van der Waals surface area contributed by atoms with Gasteiger partial charge in [-0.15, -0.1) is 0 Å². The Bertz CT molecular complexity index is 1680. The lowest BCUT2D eigenvalue weighted by Crippen LogP contribution is -2.47. The van der Waals surface area contributed by atoms with Crippen LogP contribution in [0.3, 0.4) is 0 Å². The predicted molar refractivity (Wildman–Crippen MR) is 182 cm³/mol. The molecule has 1 amide bonds. The average molecular weight is 680 g/mol. The van der Waals surface area contributed by atoms with E-state index in [1.165, 1.54) is 17.2 Å². The van der Waals surface area contributed by atoms with Crippen LogP contribution in [0, 0.1) is 24.5 Å². The maximum atomic E-state index is 15.3. The van der Waals surface area contributed by atoms with Crippen LogP contribution >= 0.6 is 11.6 Å². The molecule has 4 aliphatic rings. The maximum absolute atomic E-state index is 15.3. The summed E-state index contributed by atoms with van der Waals surface area (Å²) >= 11 is 6.78. The highest BCUT2D eigenvalue weighted by Gasteiger charge is 2.53. The van der Waals surface area contributed by atoms with Crippen molar-refractivity contribution in [2.24, 2.45) is 13.0 Å². The van der Waals surface area contributed by atoms with Gasteiger partial charge in [0.05, 0.1) is 0 Å². The second kappa shape index (κ2) is 12.8. The van der Waals surface area contributed by atoms with Gasteiger partial charge in [-0.1, -0.05) is 37.6 Å². The summed E-state index contributed by atoms with van der Waals surface area (Å²) < 4.78 is 36.8. The lowest BCUT2D eigenvalue weighted by atomic mass is 9.69. The van der Waals surface area contributed by atoms with Crippen LogP contribution in [-0.4, -0.2) is 75.9 Å². The van der Waals surface area contributed by atoms with Crippen LogP contribution in [0.4, 0.5) is 8.78 Å². The van der Waals surface area contributed by atoms with Gasteiger partial charge < -0.3 is 14.5 Å². The van der Waals surface area contributed by atoms with Gasteiger partial charge in [0.25, 0.3) is 0 Å². The number of benzene rings is 2. The fourth-order valence-electron chi connectivity index (χ4n) is 9.76. The maximum Gasteiger partial charge on any atom is 0.226 e. The second-order valence-corrected chi connectivity index (χ2v) is 15.9. The number of aromatic nitrogens is 3. The summed E-state index contributed by atoms with van der Waals surface area (Å²) in [7, 11) is 4.09. The van der Waals surface area contributed by atoms with Gasteiger partial charge >= 0.3 is 0 Å². The van der Waals surface area contributed by atoms with Gasteiger partial charge in [-0.3, -0.25) is 9.48 Å². The average Bonchev–Trinajstić information content (AvgIpc) is 3.79. The summed E-state index contributed by atoms with van der Waals surface area (Å²) in [6.07, 6.45) is 7.50. The number of fused-ring (bicyclic) bond motifs is 2.